The van der Waals surface area contributed by atoms with Gasteiger partial charge >= 0.3 is 0 Å². The lowest BCUT2D eigenvalue weighted by molar-refractivity contribution is 0.0951. The Hall–Kier alpha value is -2.34. The molecule has 4 N–H and O–H groups in total. The van der Waals surface area contributed by atoms with Crippen molar-refractivity contribution in [1.82, 2.24) is 15.5 Å². The minimum atomic E-state index is -0.157. The van der Waals surface area contributed by atoms with Gasteiger partial charge in [-0.15, -0.1) is 0 Å². The Bertz CT molecular complexity index is 646. The van der Waals surface area contributed by atoms with Crippen molar-refractivity contribution in [2.24, 2.45) is 11.7 Å². The predicted octanol–water partition coefficient (Wildman–Crippen LogP) is 1.55. The van der Waals surface area contributed by atoms with E-state index in [0.717, 1.165) is 11.3 Å². The van der Waals surface area contributed by atoms with Gasteiger partial charge in [0.2, 0.25) is 0 Å². The van der Waals surface area contributed by atoms with Crippen molar-refractivity contribution in [1.29, 1.82) is 0 Å². The third-order valence-corrected chi connectivity index (χ3v) is 3.99. The molecule has 116 valence electrons. The number of methoxy groups -OCH3 is 1. The highest BCUT2D eigenvalue weighted by molar-refractivity contribution is 5.99. The van der Waals surface area contributed by atoms with Gasteiger partial charge in [0.15, 0.2) is 0 Å². The van der Waals surface area contributed by atoms with Gasteiger partial charge in [0.05, 0.1) is 24.6 Å². The zero-order chi connectivity index (χ0) is 15.5. The van der Waals surface area contributed by atoms with E-state index in [0.29, 0.717) is 23.7 Å². The number of amides is 1. The fourth-order valence-corrected chi connectivity index (χ4v) is 2.43. The van der Waals surface area contributed by atoms with E-state index in [1.165, 1.54) is 19.0 Å². The molecule has 0 aliphatic heterocycles. The second-order valence-corrected chi connectivity index (χ2v) is 5.60. The number of nitrogens with two attached hydrogens (primary N) is 1. The molecule has 1 aliphatic rings. The summed E-state index contributed by atoms with van der Waals surface area (Å²) < 4.78 is 5.14. The molecule has 0 saturated heterocycles. The van der Waals surface area contributed by atoms with Crippen molar-refractivity contribution >= 4 is 5.91 Å². The second-order valence-electron chi connectivity index (χ2n) is 5.60. The minimum Gasteiger partial charge on any atom is -0.497 e. The van der Waals surface area contributed by atoms with Crippen LogP contribution in [0.15, 0.2) is 30.5 Å². The molecule has 3 rings (SSSR count). The average molecular weight is 300 g/mol. The first-order chi connectivity index (χ1) is 10.7. The first-order valence-electron chi connectivity index (χ1n) is 7.40. The van der Waals surface area contributed by atoms with E-state index in [-0.39, 0.29) is 11.9 Å². The van der Waals surface area contributed by atoms with Crippen LogP contribution in [0.2, 0.25) is 0 Å². The number of aromatic amines is 1. The van der Waals surface area contributed by atoms with E-state index >= 15 is 0 Å². The van der Waals surface area contributed by atoms with Gasteiger partial charge in [0, 0.05) is 18.2 Å². The summed E-state index contributed by atoms with van der Waals surface area (Å²) in [5.74, 6) is 1.17. The lowest BCUT2D eigenvalue weighted by Gasteiger charge is -2.11. The van der Waals surface area contributed by atoms with Crippen LogP contribution < -0.4 is 15.8 Å². The number of hydrogen-bond donors (Lipinski definition) is 3. The minimum absolute atomic E-state index is 0.0419. The van der Waals surface area contributed by atoms with E-state index in [4.69, 9.17) is 10.5 Å². The second kappa shape index (κ2) is 6.19. The summed E-state index contributed by atoms with van der Waals surface area (Å²) in [5.41, 5.74) is 8.11. The lowest BCUT2D eigenvalue weighted by Crippen LogP contribution is -2.38. The molecule has 0 radical (unpaired) electrons. The first kappa shape index (κ1) is 14.6. The summed E-state index contributed by atoms with van der Waals surface area (Å²) in [6, 6.07) is 7.51. The van der Waals surface area contributed by atoms with Crippen molar-refractivity contribution < 1.29 is 9.53 Å². The highest BCUT2D eigenvalue weighted by Gasteiger charge is 2.28. The highest BCUT2D eigenvalue weighted by Crippen LogP contribution is 2.31. The highest BCUT2D eigenvalue weighted by atomic mass is 16.5. The molecule has 1 aliphatic carbocycles. The van der Waals surface area contributed by atoms with E-state index < -0.39 is 0 Å². The van der Waals surface area contributed by atoms with Gasteiger partial charge < -0.3 is 15.8 Å². The summed E-state index contributed by atoms with van der Waals surface area (Å²) in [4.78, 5) is 12.3. The number of carbonyl (C=O) groups is 1. The van der Waals surface area contributed by atoms with Gasteiger partial charge in [-0.1, -0.05) is 0 Å². The number of ether oxygens (including phenoxy) is 1. The summed E-state index contributed by atoms with van der Waals surface area (Å²) >= 11 is 0. The van der Waals surface area contributed by atoms with Crippen LogP contribution in [0.1, 0.15) is 23.2 Å². The molecule has 1 atom stereocenters. The molecule has 6 heteroatoms. The van der Waals surface area contributed by atoms with Gasteiger partial charge in [-0.05, 0) is 43.0 Å². The molecule has 1 unspecified atom stereocenters. The van der Waals surface area contributed by atoms with Gasteiger partial charge in [-0.2, -0.15) is 5.10 Å². The predicted molar refractivity (Wildman–Crippen MR) is 83.6 cm³/mol. The van der Waals surface area contributed by atoms with Gasteiger partial charge in [0.1, 0.15) is 5.75 Å². The molecule has 6 nitrogen and oxygen atoms in total. The summed E-state index contributed by atoms with van der Waals surface area (Å²) in [6.45, 7) is 0.497. The summed E-state index contributed by atoms with van der Waals surface area (Å²) in [5, 5.41) is 9.76. The van der Waals surface area contributed by atoms with Crippen LogP contribution >= 0.6 is 0 Å². The molecule has 0 bridgehead atoms. The summed E-state index contributed by atoms with van der Waals surface area (Å²) in [7, 11) is 1.62. The number of nitrogens with zero attached hydrogens (tertiary/aromatic N) is 1. The molecule has 2 aromatic rings. The monoisotopic (exact) mass is 300 g/mol. The van der Waals surface area contributed by atoms with Crippen molar-refractivity contribution in [2.75, 3.05) is 13.7 Å². The normalized spacial score (nSPS) is 15.4. The van der Waals surface area contributed by atoms with Crippen molar-refractivity contribution in [3.63, 3.8) is 0 Å². The van der Waals surface area contributed by atoms with E-state index in [9.17, 15) is 4.79 Å². The fourth-order valence-electron chi connectivity index (χ4n) is 2.43. The molecule has 1 aromatic heterocycles. The van der Waals surface area contributed by atoms with Gasteiger partial charge in [-0.25, -0.2) is 0 Å². The SMILES string of the molecule is COc1ccc(-c2[nH]ncc2C(=O)NCC(N)C2CC2)cc1. The fraction of sp³-hybridized carbons (Fsp3) is 0.375. The summed E-state index contributed by atoms with van der Waals surface area (Å²) in [6.07, 6.45) is 3.87. The number of carbonyl (C=O) groups excluding carboxylic acids is 1. The molecule has 1 heterocycles. The molecule has 0 spiro atoms. The topological polar surface area (TPSA) is 93.0 Å². The average Bonchev–Trinajstić information content (AvgIpc) is 3.29. The van der Waals surface area contributed by atoms with Gasteiger partial charge in [-0.3, -0.25) is 9.89 Å². The van der Waals surface area contributed by atoms with Crippen LogP contribution in [-0.4, -0.2) is 35.8 Å². The Morgan fingerprint density at radius 1 is 1.45 bits per heavy atom. The largest absolute Gasteiger partial charge is 0.497 e. The van der Waals surface area contributed by atoms with Crippen LogP contribution in [-0.2, 0) is 0 Å². The van der Waals surface area contributed by atoms with Crippen LogP contribution in [0, 0.1) is 5.92 Å². The van der Waals surface area contributed by atoms with Gasteiger partial charge in [0.25, 0.3) is 5.91 Å². The Balaban J connectivity index is 1.71. The zero-order valence-corrected chi connectivity index (χ0v) is 12.5. The maximum absolute atomic E-state index is 12.3. The number of rotatable bonds is 6. The maximum Gasteiger partial charge on any atom is 0.255 e. The molecule has 1 aromatic carbocycles. The van der Waals surface area contributed by atoms with Crippen molar-refractivity contribution in [3.8, 4) is 17.0 Å². The molecule has 1 amide bonds. The Labute approximate surface area is 129 Å². The standard InChI is InChI=1S/C16H20N4O2/c1-22-12-6-4-11(5-7-12)15-13(8-19-20-15)16(21)18-9-14(17)10-2-3-10/h4-8,10,14H,2-3,9,17H2,1H3,(H,18,21)(H,19,20). The molecular weight excluding hydrogens is 280 g/mol. The number of benzene rings is 1. The first-order valence-corrected chi connectivity index (χ1v) is 7.40. The van der Waals surface area contributed by atoms with Crippen molar-refractivity contribution in [3.05, 3.63) is 36.0 Å². The molecule has 22 heavy (non-hydrogen) atoms. The van der Waals surface area contributed by atoms with Crippen LogP contribution in [0.5, 0.6) is 5.75 Å². The Morgan fingerprint density at radius 2 is 2.18 bits per heavy atom. The molecular formula is C16H20N4O2. The Morgan fingerprint density at radius 3 is 2.82 bits per heavy atom. The number of hydrogen-bond acceptors (Lipinski definition) is 4. The Kier molecular flexibility index (Phi) is 4.11. The molecule has 1 saturated carbocycles. The zero-order valence-electron chi connectivity index (χ0n) is 12.5. The number of aromatic nitrogens is 2. The number of H-pyrrole nitrogens is 1. The lowest BCUT2D eigenvalue weighted by atomic mass is 10.1. The van der Waals surface area contributed by atoms with E-state index in [1.54, 1.807) is 7.11 Å². The third-order valence-electron chi connectivity index (χ3n) is 3.99. The molecule has 1 fully saturated rings. The van der Waals surface area contributed by atoms with E-state index in [2.05, 4.69) is 15.5 Å². The van der Waals surface area contributed by atoms with Crippen LogP contribution in [0.3, 0.4) is 0 Å². The number of nitrogens with one attached hydrogen (secondary N) is 2. The van der Waals surface area contributed by atoms with Crippen molar-refractivity contribution in [2.45, 2.75) is 18.9 Å². The van der Waals surface area contributed by atoms with E-state index in [1.807, 2.05) is 24.3 Å². The third kappa shape index (κ3) is 3.12. The van der Waals surface area contributed by atoms with Crippen LogP contribution in [0.4, 0.5) is 0 Å². The maximum atomic E-state index is 12.3. The quantitative estimate of drug-likeness (QED) is 0.754. The van der Waals surface area contributed by atoms with Crippen LogP contribution in [0.25, 0.3) is 11.3 Å². The smallest absolute Gasteiger partial charge is 0.255 e.